The molecule has 1 fully saturated rings. The predicted octanol–water partition coefficient (Wildman–Crippen LogP) is 2.77. The molecule has 1 saturated carbocycles. The van der Waals surface area contributed by atoms with Crippen molar-refractivity contribution in [1.29, 1.82) is 5.26 Å². The molecule has 0 amide bonds. The largest absolute Gasteiger partial charge is 0.396 e. The van der Waals surface area contributed by atoms with Gasteiger partial charge in [-0.05, 0) is 24.1 Å². The third-order valence-corrected chi connectivity index (χ3v) is 3.70. The average Bonchev–Trinajstić information content (AvgIpc) is 2.97. The second-order valence-corrected chi connectivity index (χ2v) is 4.61. The van der Waals surface area contributed by atoms with Crippen molar-refractivity contribution in [2.45, 2.75) is 11.8 Å². The van der Waals surface area contributed by atoms with E-state index in [9.17, 15) is 0 Å². The molecule has 1 aliphatic carbocycles. The highest BCUT2D eigenvalue weighted by molar-refractivity contribution is 6.42. The van der Waals surface area contributed by atoms with Crippen LogP contribution >= 0.6 is 23.2 Å². The molecule has 15 heavy (non-hydrogen) atoms. The molecular formula is C11H9Cl2NO. The van der Waals surface area contributed by atoms with Crippen LogP contribution in [-0.4, -0.2) is 11.7 Å². The summed E-state index contributed by atoms with van der Waals surface area (Å²) in [6.07, 6.45) is 0.692. The molecule has 0 spiro atoms. The molecule has 2 atom stereocenters. The average molecular weight is 242 g/mol. The summed E-state index contributed by atoms with van der Waals surface area (Å²) in [6, 6.07) is 7.45. The van der Waals surface area contributed by atoms with E-state index < -0.39 is 5.41 Å². The second-order valence-electron chi connectivity index (χ2n) is 3.80. The van der Waals surface area contributed by atoms with Crippen LogP contribution in [-0.2, 0) is 5.41 Å². The number of benzene rings is 1. The summed E-state index contributed by atoms with van der Waals surface area (Å²) >= 11 is 11.7. The van der Waals surface area contributed by atoms with E-state index in [0.717, 1.165) is 5.56 Å². The zero-order valence-corrected chi connectivity index (χ0v) is 9.39. The van der Waals surface area contributed by atoms with Crippen molar-refractivity contribution in [2.75, 3.05) is 6.61 Å². The minimum Gasteiger partial charge on any atom is -0.396 e. The lowest BCUT2D eigenvalue weighted by Gasteiger charge is -2.09. The summed E-state index contributed by atoms with van der Waals surface area (Å²) in [7, 11) is 0. The zero-order chi connectivity index (χ0) is 11.1. The molecule has 2 nitrogen and oxygen atoms in total. The van der Waals surface area contributed by atoms with Gasteiger partial charge in [0.15, 0.2) is 0 Å². The first-order chi connectivity index (χ1) is 7.14. The Bertz CT molecular complexity index is 441. The lowest BCUT2D eigenvalue weighted by atomic mass is 9.95. The number of aliphatic hydroxyl groups is 1. The van der Waals surface area contributed by atoms with E-state index in [4.69, 9.17) is 33.6 Å². The molecule has 0 aliphatic heterocycles. The van der Waals surface area contributed by atoms with Crippen molar-refractivity contribution in [3.8, 4) is 6.07 Å². The van der Waals surface area contributed by atoms with Crippen molar-refractivity contribution in [2.24, 2.45) is 5.92 Å². The van der Waals surface area contributed by atoms with Crippen LogP contribution in [0.3, 0.4) is 0 Å². The van der Waals surface area contributed by atoms with Gasteiger partial charge in [-0.1, -0.05) is 29.3 Å². The van der Waals surface area contributed by atoms with Crippen LogP contribution in [0.25, 0.3) is 0 Å². The topological polar surface area (TPSA) is 44.0 Å². The van der Waals surface area contributed by atoms with E-state index in [1.165, 1.54) is 0 Å². The monoisotopic (exact) mass is 241 g/mol. The Hall–Kier alpha value is -0.750. The van der Waals surface area contributed by atoms with E-state index in [1.54, 1.807) is 18.2 Å². The van der Waals surface area contributed by atoms with Crippen LogP contribution in [0.4, 0.5) is 0 Å². The van der Waals surface area contributed by atoms with Crippen LogP contribution in [0.15, 0.2) is 18.2 Å². The number of hydrogen-bond donors (Lipinski definition) is 1. The highest BCUT2D eigenvalue weighted by atomic mass is 35.5. The molecular weight excluding hydrogens is 233 g/mol. The molecule has 0 aromatic heterocycles. The minimum atomic E-state index is -0.553. The van der Waals surface area contributed by atoms with Crippen LogP contribution in [0, 0.1) is 17.2 Å². The summed E-state index contributed by atoms with van der Waals surface area (Å²) in [6.45, 7) is 0.0355. The summed E-state index contributed by atoms with van der Waals surface area (Å²) in [4.78, 5) is 0. The third kappa shape index (κ3) is 1.61. The van der Waals surface area contributed by atoms with Crippen molar-refractivity contribution < 1.29 is 5.11 Å². The molecule has 1 aromatic carbocycles. The molecule has 4 heteroatoms. The van der Waals surface area contributed by atoms with Crippen LogP contribution in [0.2, 0.25) is 10.0 Å². The van der Waals surface area contributed by atoms with Gasteiger partial charge in [0, 0.05) is 12.5 Å². The second kappa shape index (κ2) is 3.68. The highest BCUT2D eigenvalue weighted by Gasteiger charge is 2.55. The van der Waals surface area contributed by atoms with E-state index in [0.29, 0.717) is 16.5 Å². The van der Waals surface area contributed by atoms with Crippen molar-refractivity contribution in [1.82, 2.24) is 0 Å². The zero-order valence-electron chi connectivity index (χ0n) is 7.87. The normalized spacial score (nSPS) is 28.5. The summed E-state index contributed by atoms with van der Waals surface area (Å²) in [5, 5.41) is 19.1. The van der Waals surface area contributed by atoms with Crippen LogP contribution in [0.1, 0.15) is 12.0 Å². The Morgan fingerprint density at radius 3 is 2.67 bits per heavy atom. The molecule has 0 heterocycles. The first-order valence-corrected chi connectivity index (χ1v) is 5.37. The molecule has 1 unspecified atom stereocenters. The molecule has 78 valence electrons. The standard InChI is InChI=1S/C11H9Cl2NO/c12-9-2-1-7(3-10(9)13)11(6-14)4-8(11)5-15/h1-3,8,15H,4-5H2/t8?,11-/m0/s1. The van der Waals surface area contributed by atoms with Gasteiger partial charge in [-0.2, -0.15) is 5.26 Å². The molecule has 0 saturated heterocycles. The van der Waals surface area contributed by atoms with Crippen molar-refractivity contribution >= 4 is 23.2 Å². The van der Waals surface area contributed by atoms with E-state index in [-0.39, 0.29) is 12.5 Å². The first-order valence-electron chi connectivity index (χ1n) is 4.61. The summed E-state index contributed by atoms with van der Waals surface area (Å²) in [5.74, 6) is 0.0275. The maximum absolute atomic E-state index is 9.13. The number of nitrogens with zero attached hydrogens (tertiary/aromatic N) is 1. The van der Waals surface area contributed by atoms with Gasteiger partial charge in [-0.15, -0.1) is 0 Å². The van der Waals surface area contributed by atoms with Gasteiger partial charge in [0.25, 0.3) is 0 Å². The van der Waals surface area contributed by atoms with Gasteiger partial charge in [-0.3, -0.25) is 0 Å². The fraction of sp³-hybridized carbons (Fsp3) is 0.364. The Balaban J connectivity index is 2.39. The fourth-order valence-corrected chi connectivity index (χ4v) is 2.18. The first kappa shape index (κ1) is 10.8. The minimum absolute atomic E-state index is 0.0275. The Labute approximate surface area is 98.0 Å². The third-order valence-electron chi connectivity index (χ3n) is 2.96. The number of hydrogen-bond acceptors (Lipinski definition) is 2. The Morgan fingerprint density at radius 2 is 2.20 bits per heavy atom. The molecule has 1 aliphatic rings. The Morgan fingerprint density at radius 1 is 1.47 bits per heavy atom. The maximum atomic E-state index is 9.13. The van der Waals surface area contributed by atoms with Gasteiger partial charge in [0.05, 0.1) is 21.5 Å². The SMILES string of the molecule is N#C[C@]1(c2ccc(Cl)c(Cl)c2)CC1CO. The van der Waals surface area contributed by atoms with Gasteiger partial charge in [0.2, 0.25) is 0 Å². The number of aliphatic hydroxyl groups excluding tert-OH is 1. The molecule has 1 N–H and O–H groups in total. The molecule has 0 radical (unpaired) electrons. The van der Waals surface area contributed by atoms with E-state index >= 15 is 0 Å². The van der Waals surface area contributed by atoms with Crippen molar-refractivity contribution in [3.05, 3.63) is 33.8 Å². The smallest absolute Gasteiger partial charge is 0.0877 e. The quantitative estimate of drug-likeness (QED) is 0.866. The van der Waals surface area contributed by atoms with Crippen molar-refractivity contribution in [3.63, 3.8) is 0 Å². The van der Waals surface area contributed by atoms with E-state index in [2.05, 4.69) is 6.07 Å². The van der Waals surface area contributed by atoms with Crippen LogP contribution in [0.5, 0.6) is 0 Å². The number of halogens is 2. The number of rotatable bonds is 2. The summed E-state index contributed by atoms with van der Waals surface area (Å²) in [5.41, 5.74) is 0.293. The molecule has 2 rings (SSSR count). The summed E-state index contributed by atoms with van der Waals surface area (Å²) < 4.78 is 0. The lowest BCUT2D eigenvalue weighted by Crippen LogP contribution is -2.09. The Kier molecular flexibility index (Phi) is 2.64. The predicted molar refractivity (Wildman–Crippen MR) is 58.9 cm³/mol. The fourth-order valence-electron chi connectivity index (χ4n) is 1.88. The molecule has 1 aromatic rings. The van der Waals surface area contributed by atoms with Gasteiger partial charge < -0.3 is 5.11 Å². The molecule has 0 bridgehead atoms. The van der Waals surface area contributed by atoms with Gasteiger partial charge in [0.1, 0.15) is 0 Å². The maximum Gasteiger partial charge on any atom is 0.0877 e. The van der Waals surface area contributed by atoms with Crippen LogP contribution < -0.4 is 0 Å². The lowest BCUT2D eigenvalue weighted by molar-refractivity contribution is 0.269. The van der Waals surface area contributed by atoms with Gasteiger partial charge >= 0.3 is 0 Å². The van der Waals surface area contributed by atoms with E-state index in [1.807, 2.05) is 0 Å². The number of nitriles is 1. The highest BCUT2D eigenvalue weighted by Crippen LogP contribution is 2.54. The van der Waals surface area contributed by atoms with Gasteiger partial charge in [-0.25, -0.2) is 0 Å².